The average Bonchev–Trinajstić information content (AvgIpc) is 2.46. The molecular formula is C8H7AsO2. The van der Waals surface area contributed by atoms with Crippen LogP contribution in [-0.2, 0) is 0 Å². The summed E-state index contributed by atoms with van der Waals surface area (Å²) in [6, 6.07) is 7.71. The number of hydrogen-bond acceptors (Lipinski definition) is 2. The fourth-order valence-electron chi connectivity index (χ4n) is 1.03. The number of fused-ring (bicyclic) bond motifs is 1. The van der Waals surface area contributed by atoms with Crippen LogP contribution in [-0.4, -0.2) is 23.1 Å². The Balaban J connectivity index is 2.27. The quantitative estimate of drug-likeness (QED) is 0.651. The van der Waals surface area contributed by atoms with Crippen molar-refractivity contribution in [3.05, 3.63) is 24.3 Å². The molecule has 0 saturated carbocycles. The Bertz CT molecular complexity index is 237. The van der Waals surface area contributed by atoms with E-state index in [9.17, 15) is 0 Å². The molecule has 0 aromatic heterocycles. The molecule has 0 N–H and O–H groups in total. The molecule has 1 heterocycles. The second kappa shape index (κ2) is 2.78. The molecule has 2 radical (unpaired) electrons. The standard InChI is InChI=1S/C8H7AsO2/c9-5-8-10-6-3-1-2-4-7(6)11-8/h1-4,8H,5H2. The predicted octanol–water partition coefficient (Wildman–Crippen LogP) is 1.37. The van der Waals surface area contributed by atoms with E-state index in [0.717, 1.165) is 16.7 Å². The predicted molar refractivity (Wildman–Crippen MR) is 42.0 cm³/mol. The Morgan fingerprint density at radius 3 is 2.18 bits per heavy atom. The van der Waals surface area contributed by atoms with E-state index in [1.807, 2.05) is 24.3 Å². The molecule has 0 aliphatic carbocycles. The van der Waals surface area contributed by atoms with Gasteiger partial charge in [-0.25, -0.2) is 0 Å². The third kappa shape index (κ3) is 1.23. The van der Waals surface area contributed by atoms with Crippen LogP contribution >= 0.6 is 0 Å². The van der Waals surface area contributed by atoms with Crippen LogP contribution in [0.1, 0.15) is 0 Å². The molecule has 1 aromatic carbocycles. The van der Waals surface area contributed by atoms with Crippen LogP contribution in [0, 0.1) is 0 Å². The Labute approximate surface area is 74.0 Å². The molecule has 0 amide bonds. The van der Waals surface area contributed by atoms with Crippen LogP contribution in [0.4, 0.5) is 0 Å². The van der Waals surface area contributed by atoms with Crippen LogP contribution in [0.3, 0.4) is 0 Å². The Morgan fingerprint density at radius 1 is 1.18 bits per heavy atom. The zero-order valence-electron chi connectivity index (χ0n) is 5.86. The number of hydrogen-bond donors (Lipinski definition) is 0. The van der Waals surface area contributed by atoms with Crippen molar-refractivity contribution in [1.29, 1.82) is 0 Å². The summed E-state index contributed by atoms with van der Waals surface area (Å²) in [5.74, 6) is 1.70. The maximum atomic E-state index is 5.42. The van der Waals surface area contributed by atoms with Gasteiger partial charge in [-0.05, 0) is 0 Å². The Morgan fingerprint density at radius 2 is 1.73 bits per heavy atom. The van der Waals surface area contributed by atoms with Crippen molar-refractivity contribution >= 4 is 16.9 Å². The number of para-hydroxylation sites is 2. The van der Waals surface area contributed by atoms with Crippen molar-refractivity contribution in [2.45, 2.75) is 11.5 Å². The van der Waals surface area contributed by atoms with Gasteiger partial charge in [0.05, 0.1) is 0 Å². The van der Waals surface area contributed by atoms with E-state index in [0.29, 0.717) is 0 Å². The van der Waals surface area contributed by atoms with Crippen molar-refractivity contribution in [3.8, 4) is 11.5 Å². The van der Waals surface area contributed by atoms with E-state index in [1.54, 1.807) is 0 Å². The summed E-state index contributed by atoms with van der Waals surface area (Å²) in [4.78, 5) is 0. The molecule has 1 aliphatic heterocycles. The van der Waals surface area contributed by atoms with Crippen LogP contribution in [0.15, 0.2) is 24.3 Å². The van der Waals surface area contributed by atoms with Gasteiger partial charge in [0, 0.05) is 0 Å². The summed E-state index contributed by atoms with van der Waals surface area (Å²) in [6.45, 7) is 0. The molecule has 0 bridgehead atoms. The molecule has 0 atom stereocenters. The van der Waals surface area contributed by atoms with Gasteiger partial charge in [0.25, 0.3) is 0 Å². The number of benzene rings is 1. The van der Waals surface area contributed by atoms with Gasteiger partial charge in [-0.15, -0.1) is 0 Å². The molecule has 0 spiro atoms. The van der Waals surface area contributed by atoms with Crippen molar-refractivity contribution in [1.82, 2.24) is 0 Å². The topological polar surface area (TPSA) is 18.5 Å². The molecule has 0 saturated heterocycles. The van der Waals surface area contributed by atoms with Crippen LogP contribution < -0.4 is 9.47 Å². The van der Waals surface area contributed by atoms with E-state index >= 15 is 0 Å². The second-order valence-electron chi connectivity index (χ2n) is 2.29. The molecule has 56 valence electrons. The van der Waals surface area contributed by atoms with Crippen molar-refractivity contribution in [2.75, 3.05) is 0 Å². The summed E-state index contributed by atoms with van der Waals surface area (Å²) in [7, 11) is 0. The third-order valence-corrected chi connectivity index (χ3v) is 2.14. The Hall–Kier alpha value is -0.622. The van der Waals surface area contributed by atoms with E-state index in [2.05, 4.69) is 16.9 Å². The van der Waals surface area contributed by atoms with Crippen molar-refractivity contribution < 1.29 is 9.47 Å². The zero-order valence-corrected chi connectivity index (χ0v) is 7.73. The van der Waals surface area contributed by atoms with E-state index in [4.69, 9.17) is 9.47 Å². The van der Waals surface area contributed by atoms with Gasteiger partial charge in [-0.2, -0.15) is 0 Å². The summed E-state index contributed by atoms with van der Waals surface area (Å²) < 4.78 is 10.8. The minimum atomic E-state index is -0.104. The molecule has 3 heteroatoms. The molecular weight excluding hydrogens is 203 g/mol. The monoisotopic (exact) mass is 210 g/mol. The molecule has 1 aromatic rings. The summed E-state index contributed by atoms with van der Waals surface area (Å²) in [5.41, 5.74) is 0. The zero-order chi connectivity index (χ0) is 7.68. The molecule has 1 aliphatic rings. The van der Waals surface area contributed by atoms with E-state index < -0.39 is 0 Å². The van der Waals surface area contributed by atoms with Gasteiger partial charge in [-0.1, -0.05) is 0 Å². The maximum absolute atomic E-state index is 5.42. The minimum absolute atomic E-state index is 0.104. The molecule has 0 fully saturated rings. The number of rotatable bonds is 1. The van der Waals surface area contributed by atoms with Gasteiger partial charge in [0.2, 0.25) is 0 Å². The fraction of sp³-hybridized carbons (Fsp3) is 0.250. The average molecular weight is 210 g/mol. The summed E-state index contributed by atoms with van der Waals surface area (Å²) in [5, 5.41) is 0.821. The fourth-order valence-corrected chi connectivity index (χ4v) is 1.34. The van der Waals surface area contributed by atoms with Gasteiger partial charge in [0.1, 0.15) is 0 Å². The first-order valence-electron chi connectivity index (χ1n) is 3.43. The summed E-state index contributed by atoms with van der Waals surface area (Å²) in [6.07, 6.45) is -0.104. The normalized spacial score (nSPS) is 15.4. The van der Waals surface area contributed by atoms with Crippen molar-refractivity contribution in [3.63, 3.8) is 0 Å². The molecule has 2 nitrogen and oxygen atoms in total. The van der Waals surface area contributed by atoms with Gasteiger partial charge in [0.15, 0.2) is 0 Å². The SMILES string of the molecule is [As]CC1Oc2ccccc2O1. The Kier molecular flexibility index (Phi) is 1.78. The second-order valence-corrected chi connectivity index (χ2v) is 3.06. The molecule has 0 unspecified atom stereocenters. The molecule has 2 rings (SSSR count). The molecule has 11 heavy (non-hydrogen) atoms. The third-order valence-electron chi connectivity index (χ3n) is 1.52. The van der Waals surface area contributed by atoms with Crippen molar-refractivity contribution in [2.24, 2.45) is 0 Å². The first-order valence-corrected chi connectivity index (χ1v) is 4.76. The van der Waals surface area contributed by atoms with Gasteiger partial charge in [-0.3, -0.25) is 0 Å². The summed E-state index contributed by atoms with van der Waals surface area (Å²) >= 11 is 2.45. The first-order chi connectivity index (χ1) is 5.40. The first kappa shape index (κ1) is 7.05. The van der Waals surface area contributed by atoms with Crippen LogP contribution in [0.2, 0.25) is 5.21 Å². The van der Waals surface area contributed by atoms with Crippen LogP contribution in [0.25, 0.3) is 0 Å². The van der Waals surface area contributed by atoms with Gasteiger partial charge < -0.3 is 0 Å². The van der Waals surface area contributed by atoms with Gasteiger partial charge >= 0.3 is 73.6 Å². The van der Waals surface area contributed by atoms with E-state index in [1.165, 1.54) is 0 Å². The van der Waals surface area contributed by atoms with E-state index in [-0.39, 0.29) is 6.29 Å². The number of ether oxygens (including phenoxy) is 2. The van der Waals surface area contributed by atoms with Crippen LogP contribution in [0.5, 0.6) is 11.5 Å².